The first-order chi connectivity index (χ1) is 10.3. The van der Waals surface area contributed by atoms with Crippen molar-refractivity contribution in [3.05, 3.63) is 54.6 Å². The quantitative estimate of drug-likeness (QED) is 0.507. The van der Waals surface area contributed by atoms with Crippen LogP contribution in [0.25, 0.3) is 21.5 Å². The van der Waals surface area contributed by atoms with Crippen LogP contribution in [0.3, 0.4) is 0 Å². The Hall–Kier alpha value is -1.14. The molecule has 3 nitrogen and oxygen atoms in total. The topological polar surface area (TPSA) is 27.7 Å². The summed E-state index contributed by atoms with van der Waals surface area (Å²) in [4.78, 5) is 0. The molecular weight excluding hydrogens is 371 g/mol. The van der Waals surface area contributed by atoms with E-state index in [0.29, 0.717) is 0 Å². The summed E-state index contributed by atoms with van der Waals surface area (Å²) in [5.41, 5.74) is 0. The molecule has 0 fully saturated rings. The van der Waals surface area contributed by atoms with Gasteiger partial charge in [0.25, 0.3) is 0 Å². The van der Waals surface area contributed by atoms with Crippen LogP contribution in [-0.2, 0) is 9.22 Å². The van der Waals surface area contributed by atoms with E-state index >= 15 is 0 Å². The van der Waals surface area contributed by atoms with Crippen molar-refractivity contribution >= 4 is 44.7 Å². The predicted molar refractivity (Wildman–Crippen MR) is 87.9 cm³/mol. The number of hydrogen-bond donors (Lipinski definition) is 0. The van der Waals surface area contributed by atoms with Crippen LogP contribution >= 0.6 is 0 Å². The van der Waals surface area contributed by atoms with Gasteiger partial charge in [-0.25, -0.2) is 0 Å². The molecule has 3 aromatic rings. The van der Waals surface area contributed by atoms with Crippen molar-refractivity contribution < 1.29 is 9.22 Å². The second-order valence-corrected chi connectivity index (χ2v) is 13.1. The zero-order valence-corrected chi connectivity index (χ0v) is 15.3. The van der Waals surface area contributed by atoms with Crippen LogP contribution in [0.4, 0.5) is 0 Å². The van der Waals surface area contributed by atoms with E-state index in [-0.39, 0.29) is 0 Å². The van der Waals surface area contributed by atoms with E-state index < -0.39 is 19.6 Å². The van der Waals surface area contributed by atoms with Crippen molar-refractivity contribution in [1.29, 1.82) is 0 Å². The van der Waals surface area contributed by atoms with Crippen molar-refractivity contribution in [3.63, 3.8) is 0 Å². The number of benzene rings is 3. The van der Waals surface area contributed by atoms with E-state index in [1.807, 2.05) is 12.1 Å². The van der Waals surface area contributed by atoms with Crippen molar-refractivity contribution in [1.82, 2.24) is 0 Å². The molecule has 0 spiro atoms. The van der Waals surface area contributed by atoms with Crippen molar-refractivity contribution in [2.24, 2.45) is 0 Å². The fourth-order valence-electron chi connectivity index (χ4n) is 2.89. The number of fused-ring (bicyclic) bond motifs is 3. The second kappa shape index (κ2) is 5.93. The summed E-state index contributed by atoms with van der Waals surface area (Å²) in [5.74, 6) is 0. The zero-order valence-electron chi connectivity index (χ0n) is 12.4. The molecule has 0 amide bonds. The Bertz CT molecular complexity index is 773. The van der Waals surface area contributed by atoms with Crippen LogP contribution < -0.4 is 3.58 Å². The third kappa shape index (κ3) is 2.34. The average Bonchev–Trinajstić information content (AvgIpc) is 2.57. The summed E-state index contributed by atoms with van der Waals surface area (Å²) in [6.45, 7) is 0. The van der Waals surface area contributed by atoms with Crippen LogP contribution in [0.5, 0.6) is 0 Å². The van der Waals surface area contributed by atoms with E-state index in [1.165, 1.54) is 16.2 Å². The van der Waals surface area contributed by atoms with Gasteiger partial charge in [0, 0.05) is 0 Å². The number of hydrogen-bond acceptors (Lipinski definition) is 3. The molecule has 0 saturated carbocycles. The standard InChI is InChI=1S/C14H9.3CH3O.Sn/c1-3-7-13-11(5-1)9-10-12-6-2-4-8-14(12)13;3*1-2;/h1-9H;3*1H3;/q;3*-1;+3. The van der Waals surface area contributed by atoms with Gasteiger partial charge < -0.3 is 0 Å². The fourth-order valence-corrected chi connectivity index (χ4v) is 8.71. The van der Waals surface area contributed by atoms with E-state index in [1.54, 1.807) is 21.3 Å². The second-order valence-electron chi connectivity index (χ2n) is 4.86. The van der Waals surface area contributed by atoms with Crippen molar-refractivity contribution in [3.8, 4) is 0 Å². The minimum atomic E-state index is -3.73. The molecule has 0 N–H and O–H groups in total. The van der Waals surface area contributed by atoms with Crippen LogP contribution in [0, 0.1) is 0 Å². The van der Waals surface area contributed by atoms with Crippen LogP contribution in [0.15, 0.2) is 54.6 Å². The van der Waals surface area contributed by atoms with Crippen molar-refractivity contribution in [2.75, 3.05) is 21.3 Å². The summed E-state index contributed by atoms with van der Waals surface area (Å²) in [5, 5.41) is 4.77. The Morgan fingerprint density at radius 1 is 0.667 bits per heavy atom. The molecule has 3 rings (SSSR count). The molecule has 21 heavy (non-hydrogen) atoms. The third-order valence-electron chi connectivity index (χ3n) is 3.90. The first kappa shape index (κ1) is 14.8. The van der Waals surface area contributed by atoms with Gasteiger partial charge in [-0.3, -0.25) is 0 Å². The molecule has 0 aromatic heterocycles. The number of rotatable bonds is 4. The molecule has 0 atom stereocenters. The van der Waals surface area contributed by atoms with Crippen LogP contribution in [0.2, 0.25) is 0 Å². The fraction of sp³-hybridized carbons (Fsp3) is 0.176. The molecule has 0 aliphatic carbocycles. The summed E-state index contributed by atoms with van der Waals surface area (Å²) >= 11 is -3.73. The van der Waals surface area contributed by atoms with Crippen LogP contribution in [-0.4, -0.2) is 40.9 Å². The summed E-state index contributed by atoms with van der Waals surface area (Å²) in [6.07, 6.45) is 0. The summed E-state index contributed by atoms with van der Waals surface area (Å²) < 4.78 is 18.3. The van der Waals surface area contributed by atoms with E-state index in [4.69, 9.17) is 9.22 Å². The molecule has 3 aromatic carbocycles. The normalized spacial score (nSPS) is 12.1. The molecule has 0 aliphatic rings. The molecule has 0 unspecified atom stereocenters. The molecule has 4 heteroatoms. The Morgan fingerprint density at radius 3 is 1.81 bits per heavy atom. The maximum atomic E-state index is 5.74. The van der Waals surface area contributed by atoms with Gasteiger partial charge in [0.05, 0.1) is 0 Å². The molecule has 0 aliphatic heterocycles. The SMILES string of the molecule is C[O][Sn]([O]C)([O]C)[c]1cc2ccccc2c2ccccc12. The van der Waals surface area contributed by atoms with E-state index in [2.05, 4.69) is 42.5 Å². The predicted octanol–water partition coefficient (Wildman–Crippen LogP) is 3.08. The van der Waals surface area contributed by atoms with Gasteiger partial charge in [-0.2, -0.15) is 0 Å². The minimum absolute atomic E-state index is 1.08. The van der Waals surface area contributed by atoms with E-state index in [9.17, 15) is 0 Å². The van der Waals surface area contributed by atoms with Gasteiger partial charge in [0.15, 0.2) is 0 Å². The van der Waals surface area contributed by atoms with Gasteiger partial charge in [0.1, 0.15) is 0 Å². The Kier molecular flexibility index (Phi) is 4.17. The molecule has 0 saturated heterocycles. The monoisotopic (exact) mass is 390 g/mol. The Morgan fingerprint density at radius 2 is 1.19 bits per heavy atom. The summed E-state index contributed by atoms with van der Waals surface area (Å²) in [7, 11) is 5.02. The summed E-state index contributed by atoms with van der Waals surface area (Å²) in [6, 6.07) is 18.9. The molecular formula is C17H18O3Sn. The maximum absolute atomic E-state index is 5.74. The first-order valence-electron chi connectivity index (χ1n) is 6.82. The van der Waals surface area contributed by atoms with Crippen molar-refractivity contribution in [2.45, 2.75) is 0 Å². The van der Waals surface area contributed by atoms with E-state index in [0.717, 1.165) is 8.97 Å². The zero-order chi connectivity index (χ0) is 14.9. The molecule has 108 valence electrons. The van der Waals surface area contributed by atoms with Gasteiger partial charge in [0.2, 0.25) is 0 Å². The molecule has 0 heterocycles. The van der Waals surface area contributed by atoms with Gasteiger partial charge in [-0.15, -0.1) is 0 Å². The van der Waals surface area contributed by atoms with Gasteiger partial charge in [-0.05, 0) is 0 Å². The third-order valence-corrected chi connectivity index (χ3v) is 11.6. The first-order valence-corrected chi connectivity index (χ1v) is 11.7. The Labute approximate surface area is 129 Å². The molecule has 0 bridgehead atoms. The van der Waals surface area contributed by atoms with Gasteiger partial charge >= 0.3 is 130 Å². The average molecular weight is 389 g/mol. The van der Waals surface area contributed by atoms with Gasteiger partial charge in [-0.1, -0.05) is 0 Å². The molecule has 0 radical (unpaired) electrons. The van der Waals surface area contributed by atoms with Crippen LogP contribution in [0.1, 0.15) is 0 Å². The Balaban J connectivity index is 2.45.